The number of carboxylic acid groups (broad SMARTS) is 1. The van der Waals surface area contributed by atoms with Gasteiger partial charge in [-0.05, 0) is 51.5 Å². The van der Waals surface area contributed by atoms with Gasteiger partial charge < -0.3 is 15.3 Å². The third kappa shape index (κ3) is 6.69. The lowest BCUT2D eigenvalue weighted by Crippen LogP contribution is -2.29. The number of hydrogen-bond donors (Lipinski definition) is 2. The first kappa shape index (κ1) is 17.6. The highest BCUT2D eigenvalue weighted by molar-refractivity contribution is 5.85. The van der Waals surface area contributed by atoms with Gasteiger partial charge in [0.15, 0.2) is 0 Å². The Morgan fingerprint density at radius 2 is 2.10 bits per heavy atom. The summed E-state index contributed by atoms with van der Waals surface area (Å²) in [4.78, 5) is 17.4. The van der Waals surface area contributed by atoms with Gasteiger partial charge in [0, 0.05) is 12.6 Å². The lowest BCUT2D eigenvalue weighted by atomic mass is 10.1. The fraction of sp³-hybridized carbons (Fsp3) is 0.625. The Kier molecular flexibility index (Phi) is 7.93. The van der Waals surface area contributed by atoms with E-state index in [2.05, 4.69) is 36.0 Å². The van der Waals surface area contributed by atoms with Crippen LogP contribution in [0.25, 0.3) is 0 Å². The molecule has 5 heteroatoms. The average molecular weight is 293 g/mol. The summed E-state index contributed by atoms with van der Waals surface area (Å²) < 4.78 is 0. The third-order valence-corrected chi connectivity index (χ3v) is 3.66. The zero-order chi connectivity index (χ0) is 15.7. The number of rotatable bonds is 10. The van der Waals surface area contributed by atoms with E-state index in [1.807, 2.05) is 6.07 Å². The van der Waals surface area contributed by atoms with Gasteiger partial charge in [0.2, 0.25) is 0 Å². The second-order valence-corrected chi connectivity index (χ2v) is 5.27. The highest BCUT2D eigenvalue weighted by Crippen LogP contribution is 2.03. The van der Waals surface area contributed by atoms with Gasteiger partial charge in [0.05, 0.1) is 5.69 Å². The normalized spacial score (nSPS) is 12.6. The van der Waals surface area contributed by atoms with Crippen molar-refractivity contribution in [3.63, 3.8) is 0 Å². The van der Waals surface area contributed by atoms with E-state index >= 15 is 0 Å². The van der Waals surface area contributed by atoms with Crippen LogP contribution >= 0.6 is 0 Å². The lowest BCUT2D eigenvalue weighted by molar-refractivity contribution is 0.0690. The highest BCUT2D eigenvalue weighted by atomic mass is 16.4. The number of nitrogens with one attached hydrogen (secondary N) is 1. The van der Waals surface area contributed by atoms with Crippen molar-refractivity contribution in [1.29, 1.82) is 0 Å². The molecule has 2 N–H and O–H groups in total. The van der Waals surface area contributed by atoms with Crippen LogP contribution in [-0.4, -0.2) is 46.6 Å². The van der Waals surface area contributed by atoms with E-state index in [0.717, 1.165) is 31.7 Å². The Bertz CT molecular complexity index is 433. The van der Waals surface area contributed by atoms with Crippen molar-refractivity contribution in [2.24, 2.45) is 0 Å². The SMILES string of the molecule is CCN(CC)CCCC(C)NCc1cccc(C(=O)O)n1. The fourth-order valence-electron chi connectivity index (χ4n) is 2.24. The first-order valence-corrected chi connectivity index (χ1v) is 7.71. The van der Waals surface area contributed by atoms with E-state index in [4.69, 9.17) is 5.11 Å². The molecule has 0 radical (unpaired) electrons. The Morgan fingerprint density at radius 3 is 2.71 bits per heavy atom. The molecule has 0 fully saturated rings. The van der Waals surface area contributed by atoms with E-state index in [9.17, 15) is 4.79 Å². The molecule has 1 aromatic rings. The molecule has 0 aliphatic heterocycles. The van der Waals surface area contributed by atoms with Crippen molar-refractivity contribution in [2.45, 2.75) is 46.2 Å². The predicted octanol–water partition coefficient (Wildman–Crippen LogP) is 2.38. The van der Waals surface area contributed by atoms with Crippen LogP contribution in [0.4, 0.5) is 0 Å². The van der Waals surface area contributed by atoms with Gasteiger partial charge in [-0.15, -0.1) is 0 Å². The van der Waals surface area contributed by atoms with Gasteiger partial charge >= 0.3 is 5.97 Å². The number of pyridine rings is 1. The zero-order valence-electron chi connectivity index (χ0n) is 13.3. The molecule has 0 bridgehead atoms. The van der Waals surface area contributed by atoms with E-state index in [0.29, 0.717) is 12.6 Å². The van der Waals surface area contributed by atoms with E-state index in [1.165, 1.54) is 12.5 Å². The molecular weight excluding hydrogens is 266 g/mol. The van der Waals surface area contributed by atoms with Crippen molar-refractivity contribution in [1.82, 2.24) is 15.2 Å². The van der Waals surface area contributed by atoms with Crippen molar-refractivity contribution < 1.29 is 9.90 Å². The van der Waals surface area contributed by atoms with Crippen LogP contribution in [0.5, 0.6) is 0 Å². The average Bonchev–Trinajstić information content (AvgIpc) is 2.50. The summed E-state index contributed by atoms with van der Waals surface area (Å²) in [5, 5.41) is 12.3. The molecule has 118 valence electrons. The lowest BCUT2D eigenvalue weighted by Gasteiger charge is -2.19. The van der Waals surface area contributed by atoms with Gasteiger partial charge in [-0.2, -0.15) is 0 Å². The molecule has 0 saturated carbocycles. The summed E-state index contributed by atoms with van der Waals surface area (Å²) in [6, 6.07) is 5.50. The Morgan fingerprint density at radius 1 is 1.38 bits per heavy atom. The van der Waals surface area contributed by atoms with Crippen LogP contribution in [-0.2, 0) is 6.54 Å². The number of hydrogen-bond acceptors (Lipinski definition) is 4. The number of carboxylic acids is 1. The molecule has 5 nitrogen and oxygen atoms in total. The van der Waals surface area contributed by atoms with Crippen LogP contribution in [0.2, 0.25) is 0 Å². The van der Waals surface area contributed by atoms with Crippen molar-refractivity contribution >= 4 is 5.97 Å². The van der Waals surface area contributed by atoms with Gasteiger partial charge in [0.1, 0.15) is 5.69 Å². The summed E-state index contributed by atoms with van der Waals surface area (Å²) in [7, 11) is 0. The van der Waals surface area contributed by atoms with Gasteiger partial charge in [-0.25, -0.2) is 9.78 Å². The van der Waals surface area contributed by atoms with Gasteiger partial charge in [0.25, 0.3) is 0 Å². The smallest absolute Gasteiger partial charge is 0.354 e. The fourth-order valence-corrected chi connectivity index (χ4v) is 2.24. The molecule has 1 heterocycles. The van der Waals surface area contributed by atoms with E-state index in [1.54, 1.807) is 6.07 Å². The predicted molar refractivity (Wildman–Crippen MR) is 84.5 cm³/mol. The Balaban J connectivity index is 2.31. The van der Waals surface area contributed by atoms with Gasteiger partial charge in [-0.3, -0.25) is 0 Å². The standard InChI is InChI=1S/C16H27N3O2/c1-4-19(5-2)11-7-8-13(3)17-12-14-9-6-10-15(18-14)16(20)21/h6,9-10,13,17H,4-5,7-8,11-12H2,1-3H3,(H,20,21). The summed E-state index contributed by atoms with van der Waals surface area (Å²) in [5.74, 6) is -0.982. The maximum atomic E-state index is 10.9. The quantitative estimate of drug-likeness (QED) is 0.693. The van der Waals surface area contributed by atoms with Crippen molar-refractivity contribution in [3.8, 4) is 0 Å². The molecular formula is C16H27N3O2. The first-order valence-electron chi connectivity index (χ1n) is 7.71. The summed E-state index contributed by atoms with van der Waals surface area (Å²) >= 11 is 0. The van der Waals surface area contributed by atoms with Crippen LogP contribution in [0.1, 0.15) is 49.8 Å². The summed E-state index contributed by atoms with van der Waals surface area (Å²) in [6.07, 6.45) is 2.27. The van der Waals surface area contributed by atoms with Crippen LogP contribution in [0, 0.1) is 0 Å². The molecule has 1 atom stereocenters. The maximum absolute atomic E-state index is 10.9. The number of aromatic nitrogens is 1. The second-order valence-electron chi connectivity index (χ2n) is 5.27. The van der Waals surface area contributed by atoms with Crippen LogP contribution < -0.4 is 5.32 Å². The largest absolute Gasteiger partial charge is 0.477 e. The molecule has 1 unspecified atom stereocenters. The Hall–Kier alpha value is -1.46. The van der Waals surface area contributed by atoms with Crippen LogP contribution in [0.15, 0.2) is 18.2 Å². The zero-order valence-corrected chi connectivity index (χ0v) is 13.3. The highest BCUT2D eigenvalue weighted by Gasteiger charge is 2.07. The van der Waals surface area contributed by atoms with Crippen LogP contribution in [0.3, 0.4) is 0 Å². The molecule has 1 rings (SSSR count). The topological polar surface area (TPSA) is 65.5 Å². The number of nitrogens with zero attached hydrogens (tertiary/aromatic N) is 2. The first-order chi connectivity index (χ1) is 10.1. The molecule has 0 amide bonds. The molecule has 0 saturated heterocycles. The second kappa shape index (κ2) is 9.47. The maximum Gasteiger partial charge on any atom is 0.354 e. The third-order valence-electron chi connectivity index (χ3n) is 3.66. The monoisotopic (exact) mass is 293 g/mol. The molecule has 0 aliphatic rings. The minimum Gasteiger partial charge on any atom is -0.477 e. The summed E-state index contributed by atoms with van der Waals surface area (Å²) in [6.45, 7) is 10.5. The molecule has 21 heavy (non-hydrogen) atoms. The minimum atomic E-state index is -0.982. The van der Waals surface area contributed by atoms with Crippen molar-refractivity contribution in [2.75, 3.05) is 19.6 Å². The van der Waals surface area contributed by atoms with Crippen molar-refractivity contribution in [3.05, 3.63) is 29.6 Å². The van der Waals surface area contributed by atoms with Gasteiger partial charge in [-0.1, -0.05) is 19.9 Å². The molecule has 1 aromatic heterocycles. The minimum absolute atomic E-state index is 0.100. The number of aromatic carboxylic acids is 1. The Labute approximate surface area is 127 Å². The molecule has 0 aliphatic carbocycles. The summed E-state index contributed by atoms with van der Waals surface area (Å²) in [5.41, 5.74) is 0.869. The molecule has 0 aromatic carbocycles. The van der Waals surface area contributed by atoms with E-state index < -0.39 is 5.97 Å². The number of carbonyl (C=O) groups is 1. The molecule has 0 spiro atoms. The van der Waals surface area contributed by atoms with E-state index in [-0.39, 0.29) is 5.69 Å².